The Kier molecular flexibility index (Phi) is 9.78. The molecule has 0 aliphatic heterocycles. The minimum absolute atomic E-state index is 0.0410. The maximum Gasteiger partial charge on any atom is 0.407 e. The van der Waals surface area contributed by atoms with Gasteiger partial charge in [-0.2, -0.15) is 0 Å². The van der Waals surface area contributed by atoms with Gasteiger partial charge in [-0.1, -0.05) is 55.3 Å². The number of amides is 2. The molecule has 252 valence electrons. The number of non-ortho nitro benzene ring substituents is 1. The number of pyridine rings is 2. The quantitative estimate of drug-likeness (QED) is 0.107. The van der Waals surface area contributed by atoms with Crippen LogP contribution in [-0.4, -0.2) is 44.6 Å². The molecular weight excluding hydrogens is 617 g/mol. The van der Waals surface area contributed by atoms with Gasteiger partial charge in [-0.25, -0.2) is 19.2 Å². The summed E-state index contributed by atoms with van der Waals surface area (Å²) in [7, 11) is 0. The van der Waals surface area contributed by atoms with E-state index < -0.39 is 33.9 Å². The highest BCUT2D eigenvalue weighted by molar-refractivity contribution is 6.00. The minimum Gasteiger partial charge on any atom is -0.444 e. The number of hydrogen-bond donors (Lipinski definition) is 4. The zero-order chi connectivity index (χ0) is 34.6. The summed E-state index contributed by atoms with van der Waals surface area (Å²) in [4.78, 5) is 46.2. The lowest BCUT2D eigenvalue weighted by atomic mass is 9.90. The summed E-state index contributed by atoms with van der Waals surface area (Å²) in [6.45, 7) is 9.02. The van der Waals surface area contributed by atoms with Gasteiger partial charge in [0.15, 0.2) is 11.6 Å². The van der Waals surface area contributed by atoms with Crippen LogP contribution in [0.2, 0.25) is 0 Å². The number of halogens is 1. The van der Waals surface area contributed by atoms with Crippen molar-refractivity contribution in [3.63, 3.8) is 0 Å². The van der Waals surface area contributed by atoms with E-state index in [-0.39, 0.29) is 40.5 Å². The number of benzene rings is 2. The number of para-hydroxylation sites is 1. The second-order valence-corrected chi connectivity index (χ2v) is 13.4. The monoisotopic (exact) mass is 657 g/mol. The first kappa shape index (κ1) is 34.0. The Bertz CT molecular complexity index is 1830. The topological polar surface area (TPSA) is 160 Å². The van der Waals surface area contributed by atoms with Crippen molar-refractivity contribution in [2.75, 3.05) is 10.6 Å². The molecule has 0 saturated heterocycles. The standard InChI is InChI=1S/C35H40FN7O5/c1-34(2,3)48-33(45)40-27-16-10-9-15-26(27)39-31-25(36)19-24(32(44)42-35(4,5)22-13-7-6-8-14-22)30(41-31)38-23-18-21-12-11-17-28(43(46)47)29(21)37-20-23/h6-8,11-14,17-20,26-27H,9-10,15-16H2,1-5H3,(H,40,45)(H,42,44)(H2,38,39,41)/t26-,27+/m1/s1. The second-order valence-electron chi connectivity index (χ2n) is 13.4. The van der Waals surface area contributed by atoms with Gasteiger partial charge < -0.3 is 26.0 Å². The number of nitrogens with zero attached hydrogens (tertiary/aromatic N) is 3. The molecule has 48 heavy (non-hydrogen) atoms. The fraction of sp³-hybridized carbons (Fsp3) is 0.371. The number of rotatable bonds is 9. The van der Waals surface area contributed by atoms with Crippen molar-refractivity contribution < 1.29 is 23.6 Å². The number of fused-ring (bicyclic) bond motifs is 1. The van der Waals surface area contributed by atoms with E-state index in [1.165, 1.54) is 12.3 Å². The van der Waals surface area contributed by atoms with E-state index in [1.807, 2.05) is 44.2 Å². The van der Waals surface area contributed by atoms with Crippen molar-refractivity contribution in [1.82, 2.24) is 20.6 Å². The number of anilines is 3. The molecule has 1 fully saturated rings. The zero-order valence-electron chi connectivity index (χ0n) is 27.6. The maximum absolute atomic E-state index is 15.9. The van der Waals surface area contributed by atoms with Crippen LogP contribution in [0.15, 0.2) is 66.9 Å². The number of ether oxygens (including phenoxy) is 1. The van der Waals surface area contributed by atoms with Crippen molar-refractivity contribution in [3.05, 3.63) is 93.9 Å². The molecule has 2 heterocycles. The van der Waals surface area contributed by atoms with Gasteiger partial charge in [-0.15, -0.1) is 0 Å². The van der Waals surface area contributed by atoms with E-state index in [4.69, 9.17) is 4.74 Å². The van der Waals surface area contributed by atoms with Crippen molar-refractivity contribution in [2.24, 2.45) is 0 Å². The number of nitrogens with one attached hydrogen (secondary N) is 4. The molecule has 2 aromatic heterocycles. The molecule has 0 spiro atoms. The van der Waals surface area contributed by atoms with E-state index in [0.717, 1.165) is 24.5 Å². The lowest BCUT2D eigenvalue weighted by Gasteiger charge is -2.34. The van der Waals surface area contributed by atoms with Gasteiger partial charge in [0, 0.05) is 17.5 Å². The molecule has 0 radical (unpaired) electrons. The van der Waals surface area contributed by atoms with E-state index in [9.17, 15) is 19.7 Å². The second kappa shape index (κ2) is 13.8. The first-order valence-electron chi connectivity index (χ1n) is 15.8. The van der Waals surface area contributed by atoms with Crippen molar-refractivity contribution in [1.29, 1.82) is 0 Å². The van der Waals surface area contributed by atoms with Crippen LogP contribution in [0.1, 0.15) is 76.2 Å². The average Bonchev–Trinajstić information content (AvgIpc) is 3.02. The molecular formula is C35H40FN7O5. The van der Waals surface area contributed by atoms with Gasteiger partial charge in [-0.05, 0) is 65.2 Å². The average molecular weight is 658 g/mol. The molecule has 2 amide bonds. The molecule has 0 bridgehead atoms. The Morgan fingerprint density at radius 1 is 0.958 bits per heavy atom. The molecule has 4 aromatic rings. The first-order chi connectivity index (χ1) is 22.7. The zero-order valence-corrected chi connectivity index (χ0v) is 27.6. The van der Waals surface area contributed by atoms with Crippen LogP contribution in [0.25, 0.3) is 10.9 Å². The van der Waals surface area contributed by atoms with Crippen molar-refractivity contribution in [3.8, 4) is 0 Å². The number of alkyl carbamates (subject to hydrolysis) is 1. The van der Waals surface area contributed by atoms with Crippen LogP contribution in [-0.2, 0) is 10.3 Å². The number of hydrogen-bond acceptors (Lipinski definition) is 9. The highest BCUT2D eigenvalue weighted by atomic mass is 19.1. The molecule has 1 saturated carbocycles. The Morgan fingerprint density at radius 3 is 2.35 bits per heavy atom. The summed E-state index contributed by atoms with van der Waals surface area (Å²) in [5, 5.41) is 24.2. The molecule has 13 heteroatoms. The molecule has 1 aliphatic rings. The molecule has 2 atom stereocenters. The van der Waals surface area contributed by atoms with Gasteiger partial charge in [0.2, 0.25) is 0 Å². The smallest absolute Gasteiger partial charge is 0.407 e. The normalized spacial score (nSPS) is 16.5. The molecule has 0 unspecified atom stereocenters. The third-order valence-corrected chi connectivity index (χ3v) is 8.08. The Hall–Kier alpha value is -5.33. The van der Waals surface area contributed by atoms with Crippen LogP contribution >= 0.6 is 0 Å². The highest BCUT2D eigenvalue weighted by Gasteiger charge is 2.31. The summed E-state index contributed by atoms with van der Waals surface area (Å²) in [6.07, 6.45) is 3.88. The van der Waals surface area contributed by atoms with Crippen LogP contribution < -0.4 is 21.3 Å². The van der Waals surface area contributed by atoms with Gasteiger partial charge in [0.25, 0.3) is 11.6 Å². The Morgan fingerprint density at radius 2 is 1.67 bits per heavy atom. The van der Waals surface area contributed by atoms with Gasteiger partial charge in [0.05, 0.1) is 34.0 Å². The first-order valence-corrected chi connectivity index (χ1v) is 15.8. The number of carbonyl (C=O) groups is 2. The van der Waals surface area contributed by atoms with E-state index in [1.54, 1.807) is 39.0 Å². The summed E-state index contributed by atoms with van der Waals surface area (Å²) < 4.78 is 21.3. The SMILES string of the molecule is CC(C)(C)OC(=O)N[C@H]1CCCC[C@H]1Nc1nc(Nc2cnc3c([N+](=O)[O-])cccc3c2)c(C(=O)NC(C)(C)c2ccccc2)cc1F. The predicted octanol–water partition coefficient (Wildman–Crippen LogP) is 7.33. The van der Waals surface area contributed by atoms with Crippen LogP contribution in [0.5, 0.6) is 0 Å². The van der Waals surface area contributed by atoms with Crippen molar-refractivity contribution in [2.45, 2.75) is 83.5 Å². The van der Waals surface area contributed by atoms with Gasteiger partial charge in [0.1, 0.15) is 16.9 Å². The van der Waals surface area contributed by atoms with E-state index in [2.05, 4.69) is 31.2 Å². The third kappa shape index (κ3) is 8.14. The fourth-order valence-electron chi connectivity index (χ4n) is 5.74. The van der Waals surface area contributed by atoms with E-state index in [0.29, 0.717) is 23.9 Å². The maximum atomic E-state index is 15.9. The van der Waals surface area contributed by atoms with E-state index >= 15 is 4.39 Å². The molecule has 2 aromatic carbocycles. The third-order valence-electron chi connectivity index (χ3n) is 8.08. The summed E-state index contributed by atoms with van der Waals surface area (Å²) in [5.41, 5.74) is -0.263. The summed E-state index contributed by atoms with van der Waals surface area (Å²) in [6, 6.07) is 16.0. The number of carbonyl (C=O) groups excluding carboxylic acids is 2. The molecule has 1 aliphatic carbocycles. The molecule has 12 nitrogen and oxygen atoms in total. The van der Waals surface area contributed by atoms with Gasteiger partial charge in [-0.3, -0.25) is 14.9 Å². The minimum atomic E-state index is -0.810. The number of aromatic nitrogens is 2. The number of nitro benzene ring substituents is 1. The van der Waals surface area contributed by atoms with Crippen molar-refractivity contribution >= 4 is 45.9 Å². The highest BCUT2D eigenvalue weighted by Crippen LogP contribution is 2.31. The summed E-state index contributed by atoms with van der Waals surface area (Å²) >= 11 is 0. The lowest BCUT2D eigenvalue weighted by molar-refractivity contribution is -0.383. The predicted molar refractivity (Wildman–Crippen MR) is 182 cm³/mol. The number of nitro groups is 1. The molecule has 4 N–H and O–H groups in total. The van der Waals surface area contributed by atoms with Crippen LogP contribution in [0.3, 0.4) is 0 Å². The van der Waals surface area contributed by atoms with Crippen LogP contribution in [0.4, 0.5) is 32.2 Å². The fourth-order valence-corrected chi connectivity index (χ4v) is 5.74. The lowest BCUT2D eigenvalue weighted by Crippen LogP contribution is -2.50. The Labute approximate surface area is 278 Å². The summed E-state index contributed by atoms with van der Waals surface area (Å²) in [5.74, 6) is -1.39. The van der Waals surface area contributed by atoms with Gasteiger partial charge >= 0.3 is 6.09 Å². The molecule has 5 rings (SSSR count). The largest absolute Gasteiger partial charge is 0.444 e. The van der Waals surface area contributed by atoms with Crippen LogP contribution in [0, 0.1) is 15.9 Å². The Balaban J connectivity index is 1.49.